The van der Waals surface area contributed by atoms with Gasteiger partial charge in [0.05, 0.1) is 5.69 Å². The second-order valence-corrected chi connectivity index (χ2v) is 1.75. The number of nitrogens with one attached hydrogen (secondary N) is 1. The third kappa shape index (κ3) is 1.21. The summed E-state index contributed by atoms with van der Waals surface area (Å²) in [7, 11) is 0. The van der Waals surface area contributed by atoms with Crippen molar-refractivity contribution >= 4 is 5.78 Å². The van der Waals surface area contributed by atoms with Crippen LogP contribution in [-0.2, 0) is 0 Å². The summed E-state index contributed by atoms with van der Waals surface area (Å²) in [5, 5.41) is 0. The van der Waals surface area contributed by atoms with Crippen molar-refractivity contribution in [2.45, 2.75) is 6.43 Å². The van der Waals surface area contributed by atoms with Crippen molar-refractivity contribution in [2.75, 3.05) is 0 Å². The van der Waals surface area contributed by atoms with Crippen molar-refractivity contribution in [3.05, 3.63) is 24.0 Å². The van der Waals surface area contributed by atoms with E-state index >= 15 is 0 Å². The van der Waals surface area contributed by atoms with Gasteiger partial charge in [0, 0.05) is 6.20 Å². The maximum absolute atomic E-state index is 11.6. The minimum Gasteiger partial charge on any atom is -0.359 e. The van der Waals surface area contributed by atoms with Crippen molar-refractivity contribution < 1.29 is 13.6 Å². The first-order valence-electron chi connectivity index (χ1n) is 2.67. The Morgan fingerprint density at radius 1 is 1.60 bits per heavy atom. The summed E-state index contributed by atoms with van der Waals surface area (Å²) in [5.41, 5.74) is -0.0463. The number of hydrogen-bond donors (Lipinski definition) is 1. The number of aromatic nitrogens is 1. The molecule has 0 aliphatic heterocycles. The number of ketones is 1. The first-order valence-corrected chi connectivity index (χ1v) is 2.67. The van der Waals surface area contributed by atoms with Crippen LogP contribution in [0.2, 0.25) is 0 Å². The summed E-state index contributed by atoms with van der Waals surface area (Å²) in [4.78, 5) is 12.8. The van der Waals surface area contributed by atoms with E-state index in [0.29, 0.717) is 0 Å². The zero-order valence-electron chi connectivity index (χ0n) is 4.97. The van der Waals surface area contributed by atoms with Crippen molar-refractivity contribution in [1.29, 1.82) is 0 Å². The molecule has 4 heteroatoms. The van der Waals surface area contributed by atoms with E-state index in [-0.39, 0.29) is 5.69 Å². The van der Waals surface area contributed by atoms with Gasteiger partial charge in [-0.05, 0) is 12.1 Å². The third-order valence-electron chi connectivity index (χ3n) is 1.06. The average molecular weight is 145 g/mol. The van der Waals surface area contributed by atoms with Crippen LogP contribution in [0.5, 0.6) is 0 Å². The molecule has 0 aliphatic rings. The minimum absolute atomic E-state index is 0.0463. The van der Waals surface area contributed by atoms with Crippen LogP contribution in [-0.4, -0.2) is 17.2 Å². The molecule has 0 aliphatic carbocycles. The third-order valence-corrected chi connectivity index (χ3v) is 1.06. The van der Waals surface area contributed by atoms with E-state index in [1.807, 2.05) is 0 Å². The minimum atomic E-state index is -2.92. The molecule has 0 amide bonds. The zero-order valence-corrected chi connectivity index (χ0v) is 4.97. The van der Waals surface area contributed by atoms with Crippen LogP contribution in [0.25, 0.3) is 0 Å². The monoisotopic (exact) mass is 145 g/mol. The van der Waals surface area contributed by atoms with Gasteiger partial charge in [-0.2, -0.15) is 0 Å². The van der Waals surface area contributed by atoms with E-state index in [0.717, 1.165) is 0 Å². The summed E-state index contributed by atoms with van der Waals surface area (Å²) in [6.45, 7) is 0. The molecule has 0 spiro atoms. The first kappa shape index (κ1) is 6.92. The van der Waals surface area contributed by atoms with Gasteiger partial charge in [0.15, 0.2) is 0 Å². The van der Waals surface area contributed by atoms with Gasteiger partial charge in [-0.1, -0.05) is 0 Å². The van der Waals surface area contributed by atoms with Crippen LogP contribution in [0.1, 0.15) is 10.5 Å². The standard InChI is InChI=1S/C6H5F2NO/c7-6(8)5(10)4-2-1-3-9-4/h1-3,6,9H. The number of alkyl halides is 2. The molecule has 0 bridgehead atoms. The summed E-state index contributed by atoms with van der Waals surface area (Å²) in [6.07, 6.45) is -1.49. The Morgan fingerprint density at radius 2 is 2.30 bits per heavy atom. The molecule has 2 nitrogen and oxygen atoms in total. The van der Waals surface area contributed by atoms with Gasteiger partial charge in [-0.15, -0.1) is 0 Å². The highest BCUT2D eigenvalue weighted by Crippen LogP contribution is 2.03. The largest absolute Gasteiger partial charge is 0.359 e. The highest BCUT2D eigenvalue weighted by molar-refractivity contribution is 5.96. The topological polar surface area (TPSA) is 32.9 Å². The van der Waals surface area contributed by atoms with Crippen LogP contribution in [0.3, 0.4) is 0 Å². The number of carbonyl (C=O) groups excluding carboxylic acids is 1. The van der Waals surface area contributed by atoms with Crippen LogP contribution in [0.4, 0.5) is 8.78 Å². The highest BCUT2D eigenvalue weighted by Gasteiger charge is 2.17. The molecule has 1 N–H and O–H groups in total. The van der Waals surface area contributed by atoms with Crippen LogP contribution < -0.4 is 0 Å². The molecule has 0 fully saturated rings. The first-order chi connectivity index (χ1) is 4.72. The number of carbonyl (C=O) groups is 1. The molecular weight excluding hydrogens is 140 g/mol. The van der Waals surface area contributed by atoms with Gasteiger partial charge in [0.25, 0.3) is 0 Å². The fourth-order valence-electron chi connectivity index (χ4n) is 0.601. The number of rotatable bonds is 2. The smallest absolute Gasteiger partial charge is 0.302 e. The fourth-order valence-corrected chi connectivity index (χ4v) is 0.601. The predicted octanol–water partition coefficient (Wildman–Crippen LogP) is 1.46. The molecule has 1 aromatic rings. The Hall–Kier alpha value is -1.19. The SMILES string of the molecule is O=C(c1ccc[nH]1)C(F)F. The maximum atomic E-state index is 11.6. The Balaban J connectivity index is 2.78. The van der Waals surface area contributed by atoms with Crippen LogP contribution in [0.15, 0.2) is 18.3 Å². The second kappa shape index (κ2) is 2.60. The van der Waals surface area contributed by atoms with E-state index in [2.05, 4.69) is 4.98 Å². The highest BCUT2D eigenvalue weighted by atomic mass is 19.3. The van der Waals surface area contributed by atoms with Gasteiger partial charge in [-0.3, -0.25) is 4.79 Å². The van der Waals surface area contributed by atoms with Gasteiger partial charge >= 0.3 is 6.43 Å². The van der Waals surface area contributed by atoms with Gasteiger partial charge < -0.3 is 4.98 Å². The Kier molecular flexibility index (Phi) is 1.80. The van der Waals surface area contributed by atoms with Crippen molar-refractivity contribution in [1.82, 2.24) is 4.98 Å². The lowest BCUT2D eigenvalue weighted by Crippen LogP contribution is -2.09. The Morgan fingerprint density at radius 3 is 2.70 bits per heavy atom. The predicted molar refractivity (Wildman–Crippen MR) is 31.1 cm³/mol. The summed E-state index contributed by atoms with van der Waals surface area (Å²) < 4.78 is 23.2. The Bertz CT molecular complexity index is 218. The molecule has 0 atom stereocenters. The zero-order chi connectivity index (χ0) is 7.56. The lowest BCUT2D eigenvalue weighted by atomic mass is 10.3. The van der Waals surface area contributed by atoms with Crippen molar-refractivity contribution in [3.8, 4) is 0 Å². The van der Waals surface area contributed by atoms with E-state index in [1.165, 1.54) is 18.3 Å². The number of H-pyrrole nitrogens is 1. The van der Waals surface area contributed by atoms with Crippen molar-refractivity contribution in [2.24, 2.45) is 0 Å². The van der Waals surface area contributed by atoms with Crippen molar-refractivity contribution in [3.63, 3.8) is 0 Å². The van der Waals surface area contributed by atoms with Crippen LogP contribution >= 0.6 is 0 Å². The molecule has 0 saturated carbocycles. The van der Waals surface area contributed by atoms with E-state index < -0.39 is 12.2 Å². The van der Waals surface area contributed by atoms with Gasteiger partial charge in [-0.25, -0.2) is 8.78 Å². The van der Waals surface area contributed by atoms with E-state index in [1.54, 1.807) is 0 Å². The molecule has 0 saturated heterocycles. The Labute approximate surface area is 55.9 Å². The average Bonchev–Trinajstić information content (AvgIpc) is 2.36. The second-order valence-electron chi connectivity index (χ2n) is 1.75. The normalized spacial score (nSPS) is 10.3. The quantitative estimate of drug-likeness (QED) is 0.628. The molecule has 1 aromatic heterocycles. The summed E-state index contributed by atoms with van der Waals surface area (Å²) in [5.74, 6) is -1.16. The van der Waals surface area contributed by atoms with Crippen LogP contribution in [0, 0.1) is 0 Å². The lowest BCUT2D eigenvalue weighted by Gasteiger charge is -1.92. The molecule has 1 heterocycles. The number of hydrogen-bond acceptors (Lipinski definition) is 1. The number of aromatic amines is 1. The fraction of sp³-hybridized carbons (Fsp3) is 0.167. The summed E-state index contributed by atoms with van der Waals surface area (Å²) >= 11 is 0. The van der Waals surface area contributed by atoms with E-state index in [9.17, 15) is 13.6 Å². The molecule has 0 unspecified atom stereocenters. The van der Waals surface area contributed by atoms with Gasteiger partial charge in [0.1, 0.15) is 0 Å². The molecule has 0 radical (unpaired) electrons. The molecule has 54 valence electrons. The maximum Gasteiger partial charge on any atom is 0.302 e. The molecule has 10 heavy (non-hydrogen) atoms. The molecule has 1 rings (SSSR count). The van der Waals surface area contributed by atoms with E-state index in [4.69, 9.17) is 0 Å². The summed E-state index contributed by atoms with van der Waals surface area (Å²) in [6, 6.07) is 2.81. The number of halogens is 2. The lowest BCUT2D eigenvalue weighted by molar-refractivity contribution is 0.0674. The van der Waals surface area contributed by atoms with Gasteiger partial charge in [0.2, 0.25) is 5.78 Å². The number of Topliss-reactive ketones (excluding diaryl/α,β-unsaturated/α-hetero) is 1. The molecular formula is C6H5F2NO. The molecule has 0 aromatic carbocycles.